The summed E-state index contributed by atoms with van der Waals surface area (Å²) < 4.78 is 0. The highest BCUT2D eigenvalue weighted by Crippen LogP contribution is 2.25. The zero-order valence-corrected chi connectivity index (χ0v) is 16.3. The van der Waals surface area contributed by atoms with Gasteiger partial charge in [0.15, 0.2) is 0 Å². The minimum absolute atomic E-state index is 0.00886. The second kappa shape index (κ2) is 11.0. The molecule has 144 valence electrons. The molecule has 4 nitrogen and oxygen atoms in total. The smallest absolute Gasteiger partial charge is 0.223 e. The average molecular weight is 359 g/mol. The zero-order chi connectivity index (χ0) is 18.8. The highest BCUT2D eigenvalue weighted by atomic mass is 16.2. The molecule has 0 saturated heterocycles. The van der Waals surface area contributed by atoms with Crippen LogP contribution >= 0.6 is 0 Å². The van der Waals surface area contributed by atoms with Gasteiger partial charge in [-0.2, -0.15) is 0 Å². The van der Waals surface area contributed by atoms with Crippen LogP contribution < -0.4 is 10.6 Å². The molecule has 1 fully saturated rings. The maximum absolute atomic E-state index is 12.5. The van der Waals surface area contributed by atoms with E-state index in [0.717, 1.165) is 44.1 Å². The Labute approximate surface area is 158 Å². The maximum atomic E-state index is 12.5. The summed E-state index contributed by atoms with van der Waals surface area (Å²) >= 11 is 0. The van der Waals surface area contributed by atoms with Crippen molar-refractivity contribution in [2.75, 3.05) is 0 Å². The summed E-state index contributed by atoms with van der Waals surface area (Å²) in [4.78, 5) is 24.7. The first-order valence-corrected chi connectivity index (χ1v) is 10.2. The maximum Gasteiger partial charge on any atom is 0.223 e. The number of benzene rings is 1. The molecule has 0 radical (unpaired) electrons. The highest BCUT2D eigenvalue weighted by molar-refractivity contribution is 5.81. The van der Waals surface area contributed by atoms with Gasteiger partial charge in [-0.25, -0.2) is 0 Å². The van der Waals surface area contributed by atoms with E-state index in [2.05, 4.69) is 29.7 Å². The Balaban J connectivity index is 1.84. The lowest BCUT2D eigenvalue weighted by Gasteiger charge is -2.21. The van der Waals surface area contributed by atoms with E-state index in [4.69, 9.17) is 0 Å². The average Bonchev–Trinajstić information content (AvgIpc) is 3.16. The van der Waals surface area contributed by atoms with Gasteiger partial charge >= 0.3 is 0 Å². The Bertz CT molecular complexity index is 553. The Morgan fingerprint density at radius 1 is 1.08 bits per heavy atom. The molecule has 1 aromatic carbocycles. The molecule has 0 aromatic heterocycles. The molecule has 0 bridgehead atoms. The van der Waals surface area contributed by atoms with Crippen LogP contribution in [0.25, 0.3) is 0 Å². The lowest BCUT2D eigenvalue weighted by atomic mass is 10.00. The number of rotatable bonds is 10. The Kier molecular flexibility index (Phi) is 8.66. The van der Waals surface area contributed by atoms with E-state index in [9.17, 15) is 9.59 Å². The van der Waals surface area contributed by atoms with Crippen molar-refractivity contribution in [1.82, 2.24) is 10.6 Å². The summed E-state index contributed by atoms with van der Waals surface area (Å²) in [6.07, 6.45) is 8.97. The summed E-state index contributed by atoms with van der Waals surface area (Å²) in [7, 11) is 0. The van der Waals surface area contributed by atoms with Crippen molar-refractivity contribution in [3.63, 3.8) is 0 Å². The standard InChI is InChI=1S/C22H34N2O2/c1-3-4-6-15-20(18-11-7-5-8-12-18)24-21(25)16-17(2)23-22(26)19-13-9-10-14-19/h5,7-8,11-12,17,19-20H,3-4,6,9-10,13-16H2,1-2H3,(H,23,26)(H,24,25). The molecule has 26 heavy (non-hydrogen) atoms. The molecule has 2 atom stereocenters. The molecule has 2 rings (SSSR count). The molecule has 1 aliphatic rings. The van der Waals surface area contributed by atoms with E-state index < -0.39 is 0 Å². The van der Waals surface area contributed by atoms with Gasteiger partial charge in [-0.3, -0.25) is 9.59 Å². The predicted molar refractivity (Wildman–Crippen MR) is 106 cm³/mol. The number of carbonyl (C=O) groups is 2. The number of hydrogen-bond acceptors (Lipinski definition) is 2. The third kappa shape index (κ3) is 6.81. The molecular weight excluding hydrogens is 324 g/mol. The van der Waals surface area contributed by atoms with Crippen LogP contribution in [0.4, 0.5) is 0 Å². The van der Waals surface area contributed by atoms with Crippen LogP contribution in [-0.4, -0.2) is 17.9 Å². The van der Waals surface area contributed by atoms with Crippen LogP contribution in [-0.2, 0) is 9.59 Å². The molecule has 2 unspecified atom stereocenters. The van der Waals surface area contributed by atoms with Crippen molar-refractivity contribution >= 4 is 11.8 Å². The second-order valence-electron chi connectivity index (χ2n) is 7.62. The summed E-state index contributed by atoms with van der Waals surface area (Å²) in [5.74, 6) is 0.270. The van der Waals surface area contributed by atoms with Crippen molar-refractivity contribution in [3.05, 3.63) is 35.9 Å². The van der Waals surface area contributed by atoms with E-state index in [1.165, 1.54) is 12.8 Å². The number of nitrogens with one attached hydrogen (secondary N) is 2. The van der Waals surface area contributed by atoms with Crippen molar-refractivity contribution in [3.8, 4) is 0 Å². The molecule has 1 aliphatic carbocycles. The van der Waals surface area contributed by atoms with Gasteiger partial charge in [0.05, 0.1) is 6.04 Å². The van der Waals surface area contributed by atoms with Crippen LogP contribution in [0.5, 0.6) is 0 Å². The van der Waals surface area contributed by atoms with E-state index in [0.29, 0.717) is 6.42 Å². The van der Waals surface area contributed by atoms with Crippen LogP contribution in [0.2, 0.25) is 0 Å². The first kappa shape index (κ1) is 20.5. The summed E-state index contributed by atoms with van der Waals surface area (Å²) in [5, 5.41) is 6.19. The Hall–Kier alpha value is -1.84. The van der Waals surface area contributed by atoms with E-state index in [1.54, 1.807) is 0 Å². The number of amides is 2. The monoisotopic (exact) mass is 358 g/mol. The molecule has 1 saturated carbocycles. The minimum atomic E-state index is -0.129. The van der Waals surface area contributed by atoms with Crippen LogP contribution in [0.1, 0.15) is 83.2 Å². The van der Waals surface area contributed by atoms with E-state index in [-0.39, 0.29) is 29.8 Å². The number of carbonyl (C=O) groups excluding carboxylic acids is 2. The molecule has 0 spiro atoms. The third-order valence-corrected chi connectivity index (χ3v) is 5.24. The Morgan fingerprint density at radius 2 is 1.77 bits per heavy atom. The van der Waals surface area contributed by atoms with E-state index in [1.807, 2.05) is 25.1 Å². The molecule has 2 N–H and O–H groups in total. The first-order chi connectivity index (χ1) is 12.6. The first-order valence-electron chi connectivity index (χ1n) is 10.2. The van der Waals surface area contributed by atoms with Crippen molar-refractivity contribution in [2.24, 2.45) is 5.92 Å². The number of unbranched alkanes of at least 4 members (excludes halogenated alkanes) is 2. The van der Waals surface area contributed by atoms with E-state index >= 15 is 0 Å². The normalized spacial score (nSPS) is 16.8. The second-order valence-corrected chi connectivity index (χ2v) is 7.62. The number of hydrogen-bond donors (Lipinski definition) is 2. The van der Waals surface area contributed by atoms with Gasteiger partial charge in [0, 0.05) is 18.4 Å². The molecule has 4 heteroatoms. The molecule has 0 heterocycles. The topological polar surface area (TPSA) is 58.2 Å². The summed E-state index contributed by atoms with van der Waals surface area (Å²) in [6, 6.07) is 10.1. The van der Waals surface area contributed by atoms with Gasteiger partial charge in [0.25, 0.3) is 0 Å². The van der Waals surface area contributed by atoms with Crippen LogP contribution in [0.15, 0.2) is 30.3 Å². The quantitative estimate of drug-likeness (QED) is 0.605. The van der Waals surface area contributed by atoms with Gasteiger partial charge in [-0.1, -0.05) is 69.4 Å². The molecule has 1 aromatic rings. The molecule has 2 amide bonds. The fourth-order valence-corrected chi connectivity index (χ4v) is 3.74. The SMILES string of the molecule is CCCCCC(NC(=O)CC(C)NC(=O)C1CCCC1)c1ccccc1. The predicted octanol–water partition coefficient (Wildman–Crippen LogP) is 4.51. The molecule has 0 aliphatic heterocycles. The lowest BCUT2D eigenvalue weighted by molar-refractivity contribution is -0.126. The van der Waals surface area contributed by atoms with Gasteiger partial charge in [-0.15, -0.1) is 0 Å². The van der Waals surface area contributed by atoms with Gasteiger partial charge in [0.2, 0.25) is 11.8 Å². The lowest BCUT2D eigenvalue weighted by Crippen LogP contribution is -2.40. The fourth-order valence-electron chi connectivity index (χ4n) is 3.74. The third-order valence-electron chi connectivity index (χ3n) is 5.24. The summed E-state index contributed by atoms with van der Waals surface area (Å²) in [6.45, 7) is 4.10. The zero-order valence-electron chi connectivity index (χ0n) is 16.3. The largest absolute Gasteiger partial charge is 0.353 e. The van der Waals surface area contributed by atoms with Crippen molar-refractivity contribution in [1.29, 1.82) is 0 Å². The summed E-state index contributed by atoms with van der Waals surface area (Å²) in [5.41, 5.74) is 1.15. The molecular formula is C22H34N2O2. The minimum Gasteiger partial charge on any atom is -0.353 e. The van der Waals surface area contributed by atoms with Crippen LogP contribution in [0, 0.1) is 5.92 Å². The van der Waals surface area contributed by atoms with Crippen molar-refractivity contribution in [2.45, 2.75) is 83.7 Å². The van der Waals surface area contributed by atoms with Crippen LogP contribution in [0.3, 0.4) is 0 Å². The Morgan fingerprint density at radius 3 is 2.42 bits per heavy atom. The van der Waals surface area contributed by atoms with Gasteiger partial charge < -0.3 is 10.6 Å². The van der Waals surface area contributed by atoms with Gasteiger partial charge in [-0.05, 0) is 31.7 Å². The van der Waals surface area contributed by atoms with Gasteiger partial charge in [0.1, 0.15) is 0 Å². The van der Waals surface area contributed by atoms with Crippen molar-refractivity contribution < 1.29 is 9.59 Å². The highest BCUT2D eigenvalue weighted by Gasteiger charge is 2.24. The fraction of sp³-hybridized carbons (Fsp3) is 0.636.